The predicted octanol–water partition coefficient (Wildman–Crippen LogP) is 4.68. The number of nitrogens with two attached hydrogens (primary N) is 1. The minimum atomic E-state index is -1.35. The Balaban J connectivity index is 1.58. The molecule has 0 radical (unpaired) electrons. The van der Waals surface area contributed by atoms with Crippen molar-refractivity contribution >= 4 is 23.3 Å². The maximum absolute atomic E-state index is 13.7. The number of pyridine rings is 1. The molecule has 10 heteroatoms. The molecule has 200 valence electrons. The second-order valence-electron chi connectivity index (χ2n) is 9.12. The molecule has 1 saturated carbocycles. The molecule has 0 aliphatic heterocycles. The third-order valence-corrected chi connectivity index (χ3v) is 6.85. The summed E-state index contributed by atoms with van der Waals surface area (Å²) >= 11 is 5.99. The Morgan fingerprint density at radius 1 is 1.08 bits per heavy atom. The van der Waals surface area contributed by atoms with Gasteiger partial charge < -0.3 is 25.1 Å². The summed E-state index contributed by atoms with van der Waals surface area (Å²) < 4.78 is 29.8. The van der Waals surface area contributed by atoms with Gasteiger partial charge in [-0.15, -0.1) is 0 Å². The van der Waals surface area contributed by atoms with Crippen LogP contribution < -0.4 is 19.9 Å². The number of ether oxygens (including phenoxy) is 3. The molecule has 0 saturated heterocycles. The lowest BCUT2D eigenvalue weighted by Gasteiger charge is -2.28. The molecule has 1 unspecified atom stereocenters. The zero-order valence-electron chi connectivity index (χ0n) is 21.0. The number of halogens is 2. The molecule has 0 spiro atoms. The average Bonchev–Trinajstić information content (AvgIpc) is 3.77. The van der Waals surface area contributed by atoms with E-state index < -0.39 is 17.3 Å². The van der Waals surface area contributed by atoms with E-state index in [1.165, 1.54) is 38.5 Å². The number of ketones is 1. The molecule has 38 heavy (non-hydrogen) atoms. The van der Waals surface area contributed by atoms with E-state index >= 15 is 0 Å². The van der Waals surface area contributed by atoms with Crippen LogP contribution in [0.15, 0.2) is 48.5 Å². The van der Waals surface area contributed by atoms with Crippen molar-refractivity contribution < 1.29 is 33.3 Å². The van der Waals surface area contributed by atoms with E-state index in [-0.39, 0.29) is 47.7 Å². The number of Topliss-reactive ketones (excluding diaryl/α,β-unsaturated/α-hetero) is 1. The summed E-state index contributed by atoms with van der Waals surface area (Å²) in [5.41, 5.74) is 5.49. The Morgan fingerprint density at radius 2 is 1.79 bits per heavy atom. The lowest BCUT2D eigenvalue weighted by Crippen LogP contribution is -2.30. The fourth-order valence-electron chi connectivity index (χ4n) is 4.36. The molecule has 1 atom stereocenters. The predicted molar refractivity (Wildman–Crippen MR) is 139 cm³/mol. The van der Waals surface area contributed by atoms with Crippen LogP contribution in [0, 0.1) is 11.7 Å². The van der Waals surface area contributed by atoms with E-state index in [0.29, 0.717) is 28.3 Å². The van der Waals surface area contributed by atoms with Gasteiger partial charge in [-0.05, 0) is 73.7 Å². The smallest absolute Gasteiger partial charge is 0.255 e. The monoisotopic (exact) mass is 542 g/mol. The van der Waals surface area contributed by atoms with E-state index in [0.717, 1.165) is 12.8 Å². The minimum Gasteiger partial charge on any atom is -0.494 e. The van der Waals surface area contributed by atoms with E-state index in [2.05, 4.69) is 0 Å². The van der Waals surface area contributed by atoms with E-state index in [1.54, 1.807) is 24.3 Å². The van der Waals surface area contributed by atoms with Crippen molar-refractivity contribution in [2.45, 2.75) is 31.3 Å². The first-order chi connectivity index (χ1) is 18.2. The summed E-state index contributed by atoms with van der Waals surface area (Å²) in [5, 5.41) is 11.7. The van der Waals surface area contributed by atoms with Gasteiger partial charge in [0.25, 0.3) is 5.91 Å². The van der Waals surface area contributed by atoms with Crippen molar-refractivity contribution in [2.75, 3.05) is 20.8 Å². The number of nitrogens with zero attached hydrogens (tertiary/aromatic N) is 1. The number of hydrogen-bond donors (Lipinski definition) is 2. The Bertz CT molecular complexity index is 1360. The highest BCUT2D eigenvalue weighted by Gasteiger charge is 2.46. The highest BCUT2D eigenvalue weighted by molar-refractivity contribution is 6.31. The van der Waals surface area contributed by atoms with Gasteiger partial charge in [0, 0.05) is 17.5 Å². The fourth-order valence-corrected chi connectivity index (χ4v) is 4.54. The first kappa shape index (κ1) is 27.3. The van der Waals surface area contributed by atoms with Gasteiger partial charge in [-0.2, -0.15) is 0 Å². The molecule has 3 N–H and O–H groups in total. The largest absolute Gasteiger partial charge is 0.494 e. The third-order valence-electron chi connectivity index (χ3n) is 6.56. The average molecular weight is 543 g/mol. The molecule has 8 nitrogen and oxygen atoms in total. The number of carbonyl (C=O) groups excluding carboxylic acids is 2. The first-order valence-electron chi connectivity index (χ1n) is 12.0. The second kappa shape index (κ2) is 11.4. The van der Waals surface area contributed by atoms with E-state index in [9.17, 15) is 19.1 Å². The summed E-state index contributed by atoms with van der Waals surface area (Å²) in [5.74, 6) is -0.437. The molecule has 1 aliphatic rings. The normalized spacial score (nSPS) is 14.4. The standard InChI is InChI=1S/C28H28ClFN2O6/c1-36-23-9-10-25(32-27(23)17-3-7-20(30)19(29)13-17)28(35,18-5-6-18)12-11-21(33)16-4-8-22(24(14-16)37-2)38-15-26(31)34/h3-4,7-10,13-14,18,35H,5-6,11-12,15H2,1-2H3,(H2,31,34). The van der Waals surface area contributed by atoms with Crippen molar-refractivity contribution in [3.05, 3.63) is 70.6 Å². The van der Waals surface area contributed by atoms with Crippen molar-refractivity contribution in [1.82, 2.24) is 4.98 Å². The molecule has 1 amide bonds. The van der Waals surface area contributed by atoms with Gasteiger partial charge in [-0.3, -0.25) is 9.59 Å². The minimum absolute atomic E-state index is 0.0447. The topological polar surface area (TPSA) is 121 Å². The van der Waals surface area contributed by atoms with Crippen LogP contribution in [0.3, 0.4) is 0 Å². The fraction of sp³-hybridized carbons (Fsp3) is 0.321. The van der Waals surface area contributed by atoms with Gasteiger partial charge in [0.2, 0.25) is 0 Å². The number of benzene rings is 2. The zero-order chi connectivity index (χ0) is 27.4. The van der Waals surface area contributed by atoms with Crippen molar-refractivity contribution in [3.63, 3.8) is 0 Å². The highest BCUT2D eigenvalue weighted by Crippen LogP contribution is 2.49. The van der Waals surface area contributed by atoms with E-state index in [1.807, 2.05) is 0 Å². The van der Waals surface area contributed by atoms with E-state index in [4.69, 9.17) is 36.5 Å². The Kier molecular flexibility index (Phi) is 8.18. The number of rotatable bonds is 12. The van der Waals surface area contributed by atoms with Crippen molar-refractivity contribution in [3.8, 4) is 28.5 Å². The van der Waals surface area contributed by atoms with Gasteiger partial charge in [0.15, 0.2) is 23.9 Å². The summed E-state index contributed by atoms with van der Waals surface area (Å²) in [7, 11) is 2.92. The molecule has 2 aromatic carbocycles. The van der Waals surface area contributed by atoms with Gasteiger partial charge in [-0.25, -0.2) is 9.37 Å². The summed E-state index contributed by atoms with van der Waals surface area (Å²) in [6, 6.07) is 12.2. The van der Waals surface area contributed by atoms with Crippen molar-refractivity contribution in [2.24, 2.45) is 11.7 Å². The molecule has 1 fully saturated rings. The van der Waals surface area contributed by atoms with Gasteiger partial charge in [0.05, 0.1) is 24.9 Å². The quantitative estimate of drug-likeness (QED) is 0.319. The maximum Gasteiger partial charge on any atom is 0.255 e. The number of amides is 1. The molecule has 3 aromatic rings. The Hall–Kier alpha value is -3.69. The van der Waals surface area contributed by atoms with Crippen LogP contribution in [0.1, 0.15) is 41.7 Å². The summed E-state index contributed by atoms with van der Waals surface area (Å²) in [6.07, 6.45) is 1.79. The van der Waals surface area contributed by atoms with Crippen LogP contribution >= 0.6 is 11.6 Å². The lowest BCUT2D eigenvalue weighted by atomic mass is 9.86. The molecule has 1 heterocycles. The van der Waals surface area contributed by atoms with Gasteiger partial charge >= 0.3 is 0 Å². The number of hydrogen-bond acceptors (Lipinski definition) is 7. The molecule has 4 rings (SSSR count). The summed E-state index contributed by atoms with van der Waals surface area (Å²) in [6.45, 7) is -0.320. The van der Waals surface area contributed by atoms with Gasteiger partial charge in [0.1, 0.15) is 22.9 Å². The number of aromatic nitrogens is 1. The lowest BCUT2D eigenvalue weighted by molar-refractivity contribution is -0.119. The summed E-state index contributed by atoms with van der Waals surface area (Å²) in [4.78, 5) is 28.8. The Labute approximate surface area is 224 Å². The number of methoxy groups -OCH3 is 2. The van der Waals surface area contributed by atoms with Crippen molar-refractivity contribution in [1.29, 1.82) is 0 Å². The molecule has 0 bridgehead atoms. The third kappa shape index (κ3) is 5.89. The SMILES string of the molecule is COc1cc(C(=O)CCC(O)(c2ccc(OC)c(-c3ccc(F)c(Cl)c3)n2)C2CC2)ccc1OCC(N)=O. The Morgan fingerprint density at radius 3 is 2.42 bits per heavy atom. The number of primary amides is 1. The van der Waals surface area contributed by atoms with Gasteiger partial charge in [-0.1, -0.05) is 11.6 Å². The van der Waals surface area contributed by atoms with Crippen LogP contribution in [0.4, 0.5) is 4.39 Å². The molecule has 1 aliphatic carbocycles. The van der Waals surface area contributed by atoms with Crippen LogP contribution in [-0.2, 0) is 10.4 Å². The second-order valence-corrected chi connectivity index (χ2v) is 9.53. The molecule has 1 aromatic heterocycles. The maximum atomic E-state index is 13.7. The number of carbonyl (C=O) groups is 2. The molecular weight excluding hydrogens is 515 g/mol. The van der Waals surface area contributed by atoms with Crippen LogP contribution in [0.5, 0.6) is 17.2 Å². The van der Waals surface area contributed by atoms with Crippen LogP contribution in [0.2, 0.25) is 5.02 Å². The van der Waals surface area contributed by atoms with Crippen LogP contribution in [0.25, 0.3) is 11.3 Å². The first-order valence-corrected chi connectivity index (χ1v) is 12.4. The highest BCUT2D eigenvalue weighted by atomic mass is 35.5. The number of aliphatic hydroxyl groups is 1. The van der Waals surface area contributed by atoms with Crippen LogP contribution in [-0.4, -0.2) is 42.6 Å². The molecular formula is C28H28ClFN2O6. The zero-order valence-corrected chi connectivity index (χ0v) is 21.8.